The lowest BCUT2D eigenvalue weighted by molar-refractivity contribution is 1.15. The third kappa shape index (κ3) is 1.98. The molecule has 5 heteroatoms. The number of thioether (sulfide) groups is 1. The molecule has 0 aliphatic heterocycles. The minimum absolute atomic E-state index is 0.118. The Morgan fingerprint density at radius 2 is 2.42 bits per heavy atom. The molecule has 1 rings (SSSR count). The molecule has 0 spiro atoms. The number of rotatable bonds is 3. The van der Waals surface area contributed by atoms with Crippen molar-refractivity contribution in [2.75, 3.05) is 5.75 Å². The zero-order valence-corrected chi connectivity index (χ0v) is 8.68. The van der Waals surface area contributed by atoms with Gasteiger partial charge in [-0.15, -0.1) is 11.3 Å². The Kier molecular flexibility index (Phi) is 3.11. The molecule has 0 saturated carbocycles. The van der Waals surface area contributed by atoms with E-state index in [0.717, 1.165) is 20.7 Å². The Bertz CT molecular complexity index is 293. The van der Waals surface area contributed by atoms with Gasteiger partial charge in [-0.25, -0.2) is 4.98 Å². The SMILES string of the molecule is CCSc1nc(C)c(C(=N)N)s1. The van der Waals surface area contributed by atoms with Gasteiger partial charge in [-0.05, 0) is 12.7 Å². The minimum atomic E-state index is 0.118. The summed E-state index contributed by atoms with van der Waals surface area (Å²) in [7, 11) is 0. The first kappa shape index (κ1) is 9.54. The van der Waals surface area contributed by atoms with E-state index in [2.05, 4.69) is 11.9 Å². The first-order valence-corrected chi connectivity index (χ1v) is 5.40. The Hall–Kier alpha value is -0.550. The lowest BCUT2D eigenvalue weighted by atomic mass is 10.4. The Balaban J connectivity index is 2.92. The molecule has 0 atom stereocenters. The van der Waals surface area contributed by atoms with Crippen LogP contribution >= 0.6 is 23.1 Å². The molecule has 0 aliphatic rings. The number of nitrogens with one attached hydrogen (secondary N) is 1. The number of amidine groups is 1. The molecule has 0 radical (unpaired) electrons. The summed E-state index contributed by atoms with van der Waals surface area (Å²) in [5.41, 5.74) is 6.23. The van der Waals surface area contributed by atoms with E-state index in [4.69, 9.17) is 11.1 Å². The molecule has 1 aromatic heterocycles. The van der Waals surface area contributed by atoms with Crippen LogP contribution in [0.1, 0.15) is 17.5 Å². The predicted molar refractivity (Wildman–Crippen MR) is 54.3 cm³/mol. The van der Waals surface area contributed by atoms with Crippen molar-refractivity contribution in [2.24, 2.45) is 5.73 Å². The van der Waals surface area contributed by atoms with Crippen LogP contribution in [0, 0.1) is 12.3 Å². The lowest BCUT2D eigenvalue weighted by Crippen LogP contribution is -2.10. The van der Waals surface area contributed by atoms with Crippen LogP contribution in [0.3, 0.4) is 0 Å². The van der Waals surface area contributed by atoms with Gasteiger partial charge in [0.25, 0.3) is 0 Å². The third-order valence-electron chi connectivity index (χ3n) is 1.29. The molecular formula is C7H11N3S2. The maximum Gasteiger partial charge on any atom is 0.150 e. The molecule has 1 heterocycles. The smallest absolute Gasteiger partial charge is 0.150 e. The van der Waals surface area contributed by atoms with Gasteiger partial charge < -0.3 is 5.73 Å². The van der Waals surface area contributed by atoms with E-state index < -0.39 is 0 Å². The highest BCUT2D eigenvalue weighted by atomic mass is 32.2. The van der Waals surface area contributed by atoms with Gasteiger partial charge in [0.05, 0.1) is 10.6 Å². The number of thiazole rings is 1. The van der Waals surface area contributed by atoms with E-state index in [1.807, 2.05) is 6.92 Å². The van der Waals surface area contributed by atoms with Crippen LogP contribution in [0.2, 0.25) is 0 Å². The van der Waals surface area contributed by atoms with Crippen molar-refractivity contribution in [1.82, 2.24) is 4.98 Å². The monoisotopic (exact) mass is 201 g/mol. The van der Waals surface area contributed by atoms with E-state index in [9.17, 15) is 0 Å². The summed E-state index contributed by atoms with van der Waals surface area (Å²) in [5, 5.41) is 7.26. The maximum atomic E-state index is 7.26. The molecule has 66 valence electrons. The number of hydrogen-bond acceptors (Lipinski definition) is 4. The molecule has 0 aromatic carbocycles. The van der Waals surface area contributed by atoms with E-state index >= 15 is 0 Å². The van der Waals surface area contributed by atoms with Crippen molar-refractivity contribution in [3.8, 4) is 0 Å². The van der Waals surface area contributed by atoms with E-state index in [-0.39, 0.29) is 5.84 Å². The average Bonchev–Trinajstić information content (AvgIpc) is 2.32. The van der Waals surface area contributed by atoms with Gasteiger partial charge in [0.2, 0.25) is 0 Å². The second-order valence-corrected chi connectivity index (χ2v) is 4.75. The van der Waals surface area contributed by atoms with E-state index in [1.54, 1.807) is 11.8 Å². The Morgan fingerprint density at radius 3 is 2.83 bits per heavy atom. The lowest BCUT2D eigenvalue weighted by Gasteiger charge is -1.89. The van der Waals surface area contributed by atoms with Crippen LogP contribution in [0.4, 0.5) is 0 Å². The number of aryl methyl sites for hydroxylation is 1. The van der Waals surface area contributed by atoms with Gasteiger partial charge in [0.15, 0.2) is 4.34 Å². The summed E-state index contributed by atoms with van der Waals surface area (Å²) in [4.78, 5) is 5.08. The quantitative estimate of drug-likeness (QED) is 0.445. The van der Waals surface area contributed by atoms with Gasteiger partial charge in [0, 0.05) is 0 Å². The van der Waals surface area contributed by atoms with Crippen LogP contribution < -0.4 is 5.73 Å². The Labute approximate surface area is 79.9 Å². The fraction of sp³-hybridized carbons (Fsp3) is 0.429. The summed E-state index contributed by atoms with van der Waals surface area (Å²) in [5.74, 6) is 1.12. The van der Waals surface area contributed by atoms with Crippen LogP contribution in [0.25, 0.3) is 0 Å². The minimum Gasteiger partial charge on any atom is -0.383 e. The maximum absolute atomic E-state index is 7.26. The van der Waals surface area contributed by atoms with Crippen molar-refractivity contribution < 1.29 is 0 Å². The summed E-state index contributed by atoms with van der Waals surface area (Å²) in [6.45, 7) is 3.96. The highest BCUT2D eigenvalue weighted by molar-refractivity contribution is 8.01. The molecule has 0 fully saturated rings. The number of nitrogen functional groups attached to an aromatic ring is 1. The first-order chi connectivity index (χ1) is 5.65. The molecular weight excluding hydrogens is 190 g/mol. The van der Waals surface area contributed by atoms with Crippen LogP contribution in [-0.4, -0.2) is 16.6 Å². The second-order valence-electron chi connectivity index (χ2n) is 2.24. The first-order valence-electron chi connectivity index (χ1n) is 3.59. The molecule has 0 amide bonds. The zero-order valence-electron chi connectivity index (χ0n) is 7.05. The molecule has 0 aliphatic carbocycles. The summed E-state index contributed by atoms with van der Waals surface area (Å²) in [6.07, 6.45) is 0. The number of aromatic nitrogens is 1. The number of hydrogen-bond donors (Lipinski definition) is 2. The van der Waals surface area contributed by atoms with Crippen LogP contribution in [-0.2, 0) is 0 Å². The van der Waals surface area contributed by atoms with Gasteiger partial charge in [0.1, 0.15) is 5.84 Å². The van der Waals surface area contributed by atoms with Crippen molar-refractivity contribution in [1.29, 1.82) is 5.41 Å². The summed E-state index contributed by atoms with van der Waals surface area (Å²) >= 11 is 3.18. The average molecular weight is 201 g/mol. The molecule has 3 nitrogen and oxygen atoms in total. The van der Waals surface area contributed by atoms with Gasteiger partial charge in [-0.2, -0.15) is 0 Å². The van der Waals surface area contributed by atoms with E-state index in [0.29, 0.717) is 0 Å². The fourth-order valence-electron chi connectivity index (χ4n) is 0.807. The number of nitrogens with zero attached hydrogens (tertiary/aromatic N) is 1. The molecule has 0 saturated heterocycles. The number of nitrogens with two attached hydrogens (primary N) is 1. The standard InChI is InChI=1S/C7H11N3S2/c1-3-11-7-10-4(2)5(12-7)6(8)9/h3H2,1-2H3,(H3,8,9). The zero-order chi connectivity index (χ0) is 9.14. The van der Waals surface area contributed by atoms with Crippen molar-refractivity contribution >= 4 is 28.9 Å². The van der Waals surface area contributed by atoms with Crippen molar-refractivity contribution in [2.45, 2.75) is 18.2 Å². The van der Waals surface area contributed by atoms with Crippen molar-refractivity contribution in [3.05, 3.63) is 10.6 Å². The second kappa shape index (κ2) is 3.91. The highest BCUT2D eigenvalue weighted by Gasteiger charge is 2.08. The van der Waals surface area contributed by atoms with Crippen molar-refractivity contribution in [3.63, 3.8) is 0 Å². The largest absolute Gasteiger partial charge is 0.383 e. The third-order valence-corrected chi connectivity index (χ3v) is 3.51. The van der Waals surface area contributed by atoms with Gasteiger partial charge in [-0.1, -0.05) is 18.7 Å². The van der Waals surface area contributed by atoms with Gasteiger partial charge >= 0.3 is 0 Å². The highest BCUT2D eigenvalue weighted by Crippen LogP contribution is 2.26. The molecule has 0 unspecified atom stereocenters. The van der Waals surface area contributed by atoms with E-state index in [1.165, 1.54) is 11.3 Å². The summed E-state index contributed by atoms with van der Waals surface area (Å²) in [6, 6.07) is 0. The van der Waals surface area contributed by atoms with Crippen LogP contribution in [0.5, 0.6) is 0 Å². The fourth-order valence-corrected chi connectivity index (χ4v) is 2.75. The van der Waals surface area contributed by atoms with Gasteiger partial charge in [-0.3, -0.25) is 5.41 Å². The van der Waals surface area contributed by atoms with Crippen LogP contribution in [0.15, 0.2) is 4.34 Å². The Morgan fingerprint density at radius 1 is 1.75 bits per heavy atom. The molecule has 3 N–H and O–H groups in total. The molecule has 12 heavy (non-hydrogen) atoms. The normalized spacial score (nSPS) is 10.2. The summed E-state index contributed by atoms with van der Waals surface area (Å²) < 4.78 is 1.00. The predicted octanol–water partition coefficient (Wildman–Crippen LogP) is 1.85. The topological polar surface area (TPSA) is 62.8 Å². The molecule has 0 bridgehead atoms. The molecule has 1 aromatic rings.